The van der Waals surface area contributed by atoms with Crippen LogP contribution in [0.4, 0.5) is 17.1 Å². The van der Waals surface area contributed by atoms with Gasteiger partial charge in [0.05, 0.1) is 42.1 Å². The monoisotopic (exact) mass is 484 g/mol. The minimum absolute atomic E-state index is 0.00932. The van der Waals surface area contributed by atoms with E-state index in [1.807, 2.05) is 5.32 Å². The van der Waals surface area contributed by atoms with Crippen molar-refractivity contribution in [3.05, 3.63) is 46.7 Å². The molecule has 1 aliphatic heterocycles. The fraction of sp³-hybridized carbons (Fsp3) is 0.350. The fourth-order valence-corrected chi connectivity index (χ4v) is 3.75. The number of sulfonamides is 1. The lowest BCUT2D eigenvalue weighted by atomic mass is 10.1. The lowest BCUT2D eigenvalue weighted by Crippen LogP contribution is -2.40. The molecule has 2 heterocycles. The largest absolute Gasteiger partial charge is 0.378 e. The molecule has 1 aromatic heterocycles. The van der Waals surface area contributed by atoms with Gasteiger partial charge >= 0.3 is 0 Å². The number of pyridine rings is 1. The highest BCUT2D eigenvalue weighted by Gasteiger charge is 2.23. The molecule has 2 aromatic rings. The Balaban J connectivity index is 2.04. The number of hydrogen-bond donors (Lipinski definition) is 2. The molecule has 32 heavy (non-hydrogen) atoms. The Hall–Kier alpha value is -2.89. The molecule has 2 N–H and O–H groups in total. The quantitative estimate of drug-likeness (QED) is 0.598. The maximum absolute atomic E-state index is 13.0. The van der Waals surface area contributed by atoms with Gasteiger partial charge in [0.15, 0.2) is 0 Å². The number of halogens is 1. The van der Waals surface area contributed by atoms with Gasteiger partial charge in [0.2, 0.25) is 10.0 Å². The van der Waals surface area contributed by atoms with E-state index in [1.54, 1.807) is 4.90 Å². The molecule has 3 rings (SSSR count). The summed E-state index contributed by atoms with van der Waals surface area (Å²) in [7, 11) is -2.42. The Morgan fingerprint density at radius 2 is 1.97 bits per heavy atom. The molecule has 0 unspecified atom stereocenters. The van der Waals surface area contributed by atoms with E-state index in [2.05, 4.69) is 10.3 Å². The lowest BCUT2D eigenvalue weighted by Gasteiger charge is -2.28. The number of benzene rings is 1. The van der Waals surface area contributed by atoms with Crippen molar-refractivity contribution in [1.29, 1.82) is 0 Å². The number of rotatable bonds is 6. The van der Waals surface area contributed by atoms with Crippen LogP contribution in [-0.4, -0.2) is 76.7 Å². The zero-order chi connectivity index (χ0) is 26.0. The van der Waals surface area contributed by atoms with Crippen molar-refractivity contribution in [3.63, 3.8) is 0 Å². The first-order valence-corrected chi connectivity index (χ1v) is 11.7. The number of ether oxygens (including phenoxy) is 1. The second-order valence-corrected chi connectivity index (χ2v) is 9.40. The molecule has 0 radical (unpaired) electrons. The minimum atomic E-state index is -3.74. The Bertz CT molecular complexity index is 1240. The third kappa shape index (κ3) is 5.29. The molecule has 1 fully saturated rings. The highest BCUT2D eigenvalue weighted by atomic mass is 35.5. The van der Waals surface area contributed by atoms with Crippen LogP contribution in [0.25, 0.3) is 0 Å². The van der Waals surface area contributed by atoms with Crippen LogP contribution in [-0.2, 0) is 14.8 Å². The predicted molar refractivity (Wildman–Crippen MR) is 122 cm³/mol. The summed E-state index contributed by atoms with van der Waals surface area (Å²) in [6, 6.07) is 5.73. The molecule has 0 spiro atoms. The number of carbonyl (C=O) groups excluding carboxylic acids is 2. The molecule has 0 atom stereocenters. The third-order valence-corrected chi connectivity index (χ3v) is 6.28. The van der Waals surface area contributed by atoms with E-state index in [-0.39, 0.29) is 39.2 Å². The number of aromatic nitrogens is 1. The number of amides is 2. The zero-order valence-corrected chi connectivity index (χ0v) is 19.0. The van der Waals surface area contributed by atoms with Crippen LogP contribution in [0.1, 0.15) is 24.8 Å². The summed E-state index contributed by atoms with van der Waals surface area (Å²) < 4.78 is 52.7. The Morgan fingerprint density at radius 3 is 2.62 bits per heavy atom. The van der Waals surface area contributed by atoms with E-state index < -0.39 is 22.9 Å². The van der Waals surface area contributed by atoms with Crippen molar-refractivity contribution < 1.29 is 26.9 Å². The van der Waals surface area contributed by atoms with Crippen molar-refractivity contribution >= 4 is 50.5 Å². The van der Waals surface area contributed by atoms with Crippen LogP contribution < -0.4 is 14.9 Å². The molecule has 10 nitrogen and oxygen atoms in total. The standard InChI is InChI=1S/C20H24ClN5O5S/c1-22-19(27)14-12-23-18(21)11-16(14)24-15-5-4-13(10-17(15)25(2)32(3,29)30)20(28)26-6-8-31-9-7-26/h4-5,10-12H,6-9H2,1-3H3,(H,22,27)(H,23,24)/i1D3. The molecule has 172 valence electrons. The minimum Gasteiger partial charge on any atom is -0.378 e. The van der Waals surface area contributed by atoms with Crippen LogP contribution in [0, 0.1) is 0 Å². The fourth-order valence-electron chi connectivity index (χ4n) is 3.09. The second kappa shape index (κ2) is 9.72. The van der Waals surface area contributed by atoms with E-state index in [0.717, 1.165) is 16.8 Å². The molecule has 1 saturated heterocycles. The number of anilines is 3. The van der Waals surface area contributed by atoms with Gasteiger partial charge in [-0.05, 0) is 24.3 Å². The number of morpholine rings is 1. The van der Waals surface area contributed by atoms with Crippen LogP contribution >= 0.6 is 11.6 Å². The molecule has 1 aliphatic rings. The van der Waals surface area contributed by atoms with E-state index in [4.69, 9.17) is 20.5 Å². The van der Waals surface area contributed by atoms with Gasteiger partial charge in [-0.3, -0.25) is 13.9 Å². The summed E-state index contributed by atoms with van der Waals surface area (Å²) in [5, 5.41) is 4.81. The summed E-state index contributed by atoms with van der Waals surface area (Å²) in [5.41, 5.74) is 0.563. The van der Waals surface area contributed by atoms with Crippen molar-refractivity contribution in [3.8, 4) is 0 Å². The highest BCUT2D eigenvalue weighted by Crippen LogP contribution is 2.33. The van der Waals surface area contributed by atoms with Crippen molar-refractivity contribution in [2.24, 2.45) is 0 Å². The van der Waals surface area contributed by atoms with Crippen LogP contribution in [0.2, 0.25) is 5.15 Å². The van der Waals surface area contributed by atoms with Crippen LogP contribution in [0.5, 0.6) is 0 Å². The molecular formula is C20H24ClN5O5S. The normalized spacial score (nSPS) is 15.8. The second-order valence-electron chi connectivity index (χ2n) is 7.00. The summed E-state index contributed by atoms with van der Waals surface area (Å²) in [6.07, 6.45) is 2.10. The van der Waals surface area contributed by atoms with E-state index in [1.165, 1.54) is 31.3 Å². The Labute approximate surface area is 195 Å². The predicted octanol–water partition coefficient (Wildman–Crippen LogP) is 1.71. The van der Waals surface area contributed by atoms with Gasteiger partial charge in [0.25, 0.3) is 11.8 Å². The van der Waals surface area contributed by atoms with Crippen molar-refractivity contribution in [2.75, 3.05) is 56.2 Å². The topological polar surface area (TPSA) is 121 Å². The van der Waals surface area contributed by atoms with E-state index in [9.17, 15) is 18.0 Å². The van der Waals surface area contributed by atoms with Gasteiger partial charge in [0, 0.05) is 43.0 Å². The first-order valence-electron chi connectivity index (χ1n) is 11.0. The Kier molecular flexibility index (Phi) is 6.00. The summed E-state index contributed by atoms with van der Waals surface area (Å²) in [6.45, 7) is -1.10. The van der Waals surface area contributed by atoms with Gasteiger partial charge in [-0.1, -0.05) is 11.6 Å². The van der Waals surface area contributed by atoms with Gasteiger partial charge in [0.1, 0.15) is 5.15 Å². The average Bonchev–Trinajstić information content (AvgIpc) is 2.77. The van der Waals surface area contributed by atoms with Crippen molar-refractivity contribution in [2.45, 2.75) is 0 Å². The average molecular weight is 485 g/mol. The van der Waals surface area contributed by atoms with Crippen LogP contribution in [0.15, 0.2) is 30.5 Å². The SMILES string of the molecule is [2H]C([2H])([2H])NC(=O)c1cnc(Cl)cc1Nc1ccc(C(=O)N2CCOCC2)cc1N(C)S(C)(=O)=O. The summed E-state index contributed by atoms with van der Waals surface area (Å²) >= 11 is 5.99. The molecule has 0 saturated carbocycles. The van der Waals surface area contributed by atoms with E-state index in [0.29, 0.717) is 26.3 Å². The van der Waals surface area contributed by atoms with Gasteiger partial charge < -0.3 is 20.3 Å². The maximum Gasteiger partial charge on any atom is 0.254 e. The number of nitrogens with zero attached hydrogens (tertiary/aromatic N) is 3. The first-order chi connectivity index (χ1) is 16.3. The zero-order valence-electron chi connectivity index (χ0n) is 20.4. The molecule has 0 aliphatic carbocycles. The molecular weight excluding hydrogens is 458 g/mol. The maximum atomic E-state index is 13.0. The summed E-state index contributed by atoms with van der Waals surface area (Å²) in [5.74, 6) is -1.22. The van der Waals surface area contributed by atoms with Gasteiger partial charge in [-0.25, -0.2) is 13.4 Å². The third-order valence-electron chi connectivity index (χ3n) is 4.88. The molecule has 1 aromatic carbocycles. The van der Waals surface area contributed by atoms with Crippen molar-refractivity contribution in [1.82, 2.24) is 15.2 Å². The van der Waals surface area contributed by atoms with E-state index >= 15 is 0 Å². The Morgan fingerprint density at radius 1 is 1.25 bits per heavy atom. The molecule has 2 amide bonds. The lowest BCUT2D eigenvalue weighted by molar-refractivity contribution is 0.0303. The number of hydrogen-bond acceptors (Lipinski definition) is 7. The van der Waals surface area contributed by atoms with Gasteiger partial charge in [-0.15, -0.1) is 0 Å². The smallest absolute Gasteiger partial charge is 0.254 e. The number of carbonyl (C=O) groups is 2. The molecule has 12 heteroatoms. The number of nitrogens with one attached hydrogen (secondary N) is 2. The summed E-state index contributed by atoms with van der Waals surface area (Å²) in [4.78, 5) is 30.9. The van der Waals surface area contributed by atoms with Gasteiger partial charge in [-0.2, -0.15) is 0 Å². The molecule has 0 bridgehead atoms. The highest BCUT2D eigenvalue weighted by molar-refractivity contribution is 7.92. The first kappa shape index (κ1) is 19.8. The van der Waals surface area contributed by atoms with Crippen LogP contribution in [0.3, 0.4) is 0 Å².